The van der Waals surface area contributed by atoms with Gasteiger partial charge in [0.2, 0.25) is 5.13 Å². The minimum absolute atomic E-state index is 0.0468. The van der Waals surface area contributed by atoms with E-state index >= 15 is 0 Å². The number of nitrogens with zero attached hydrogens (tertiary/aromatic N) is 2. The molecule has 0 aliphatic heterocycles. The Kier molecular flexibility index (Phi) is 4.02. The summed E-state index contributed by atoms with van der Waals surface area (Å²) in [5.74, 6) is -0.433. The molecule has 3 rings (SSSR count). The summed E-state index contributed by atoms with van der Waals surface area (Å²) in [5, 5.41) is 23.8. The zero-order valence-corrected chi connectivity index (χ0v) is 12.9. The fraction of sp³-hybridized carbons (Fsp3) is 0.188. The molecule has 0 radical (unpaired) electrons. The number of aromatic hydroxyl groups is 1. The standard InChI is InChI=1S/C16H15N3O2S/c1-2-5-14-18-19-16(22-14)17-15(21)12-8-10-6-3-4-7-11(10)9-13(12)20/h3-4,6-9,20H,2,5H2,1H3,(H,17,19,21). The molecule has 0 spiro atoms. The summed E-state index contributed by atoms with van der Waals surface area (Å²) in [4.78, 5) is 12.3. The maximum Gasteiger partial charge on any atom is 0.261 e. The first-order valence-corrected chi connectivity index (χ1v) is 7.84. The zero-order chi connectivity index (χ0) is 15.5. The van der Waals surface area contributed by atoms with Crippen molar-refractivity contribution in [2.24, 2.45) is 0 Å². The molecule has 0 saturated heterocycles. The Bertz CT molecular complexity index is 829. The Morgan fingerprint density at radius 2 is 1.95 bits per heavy atom. The number of anilines is 1. The van der Waals surface area contributed by atoms with E-state index in [-0.39, 0.29) is 17.2 Å². The molecule has 1 amide bonds. The highest BCUT2D eigenvalue weighted by molar-refractivity contribution is 7.15. The maximum atomic E-state index is 12.3. The first kappa shape index (κ1) is 14.5. The van der Waals surface area contributed by atoms with Crippen molar-refractivity contribution in [2.45, 2.75) is 19.8 Å². The Balaban J connectivity index is 1.86. The number of rotatable bonds is 4. The number of aryl methyl sites for hydroxylation is 1. The van der Waals surface area contributed by atoms with Crippen LogP contribution < -0.4 is 5.32 Å². The van der Waals surface area contributed by atoms with Crippen LogP contribution in [0.2, 0.25) is 0 Å². The van der Waals surface area contributed by atoms with Gasteiger partial charge in [0, 0.05) is 6.42 Å². The number of nitrogens with one attached hydrogen (secondary N) is 1. The highest BCUT2D eigenvalue weighted by atomic mass is 32.1. The van der Waals surface area contributed by atoms with Gasteiger partial charge in [0.15, 0.2) is 0 Å². The summed E-state index contributed by atoms with van der Waals surface area (Å²) in [6, 6.07) is 10.8. The minimum Gasteiger partial charge on any atom is -0.507 e. The van der Waals surface area contributed by atoms with Crippen molar-refractivity contribution < 1.29 is 9.90 Å². The molecule has 3 aromatic rings. The lowest BCUT2D eigenvalue weighted by Crippen LogP contribution is -2.12. The van der Waals surface area contributed by atoms with E-state index in [0.29, 0.717) is 5.13 Å². The van der Waals surface area contributed by atoms with Crippen LogP contribution in [0.25, 0.3) is 10.8 Å². The molecule has 0 atom stereocenters. The first-order valence-electron chi connectivity index (χ1n) is 7.03. The summed E-state index contributed by atoms with van der Waals surface area (Å²) in [6.45, 7) is 2.06. The molecule has 6 heteroatoms. The lowest BCUT2D eigenvalue weighted by molar-refractivity contribution is 0.102. The monoisotopic (exact) mass is 313 g/mol. The minimum atomic E-state index is -0.387. The number of hydrogen-bond acceptors (Lipinski definition) is 5. The third-order valence-electron chi connectivity index (χ3n) is 3.26. The van der Waals surface area contributed by atoms with Crippen LogP contribution in [0.1, 0.15) is 28.7 Å². The van der Waals surface area contributed by atoms with Crippen molar-refractivity contribution in [3.8, 4) is 5.75 Å². The van der Waals surface area contributed by atoms with Gasteiger partial charge in [0.1, 0.15) is 10.8 Å². The van der Waals surface area contributed by atoms with E-state index in [2.05, 4.69) is 22.4 Å². The predicted octanol–water partition coefficient (Wildman–Crippen LogP) is 3.60. The molecule has 1 heterocycles. The van der Waals surface area contributed by atoms with Crippen LogP contribution in [-0.2, 0) is 6.42 Å². The second-order valence-corrected chi connectivity index (χ2v) is 5.98. The maximum absolute atomic E-state index is 12.3. The van der Waals surface area contributed by atoms with Crippen molar-refractivity contribution in [1.29, 1.82) is 0 Å². The van der Waals surface area contributed by atoms with Crippen LogP contribution in [0.5, 0.6) is 5.75 Å². The molecule has 5 nitrogen and oxygen atoms in total. The van der Waals surface area contributed by atoms with Crippen molar-refractivity contribution in [2.75, 3.05) is 5.32 Å². The SMILES string of the molecule is CCCc1nnc(NC(=O)c2cc3ccccc3cc2O)s1. The molecular formula is C16H15N3O2S. The van der Waals surface area contributed by atoms with E-state index < -0.39 is 0 Å². The molecule has 0 unspecified atom stereocenters. The topological polar surface area (TPSA) is 75.1 Å². The average Bonchev–Trinajstić information content (AvgIpc) is 2.94. The van der Waals surface area contributed by atoms with Gasteiger partial charge in [-0.05, 0) is 29.3 Å². The van der Waals surface area contributed by atoms with Gasteiger partial charge < -0.3 is 5.11 Å². The number of aromatic nitrogens is 2. The van der Waals surface area contributed by atoms with Crippen LogP contribution in [0.3, 0.4) is 0 Å². The molecule has 22 heavy (non-hydrogen) atoms. The molecule has 2 aromatic carbocycles. The number of amides is 1. The summed E-state index contributed by atoms with van der Waals surface area (Å²) in [5.41, 5.74) is 0.228. The molecule has 1 aromatic heterocycles. The van der Waals surface area contributed by atoms with Gasteiger partial charge in [-0.15, -0.1) is 10.2 Å². The van der Waals surface area contributed by atoms with E-state index in [4.69, 9.17) is 0 Å². The Hall–Kier alpha value is -2.47. The van der Waals surface area contributed by atoms with E-state index in [1.165, 1.54) is 11.3 Å². The second kappa shape index (κ2) is 6.11. The van der Waals surface area contributed by atoms with Crippen molar-refractivity contribution in [1.82, 2.24) is 10.2 Å². The Labute approximate surface area is 131 Å². The number of phenolic OH excluding ortho intramolecular Hbond substituents is 1. The normalized spacial score (nSPS) is 10.8. The predicted molar refractivity (Wildman–Crippen MR) is 87.5 cm³/mol. The highest BCUT2D eigenvalue weighted by Gasteiger charge is 2.14. The number of phenols is 1. The Morgan fingerprint density at radius 1 is 1.23 bits per heavy atom. The number of carbonyl (C=O) groups is 1. The van der Waals surface area contributed by atoms with Crippen molar-refractivity contribution >= 4 is 33.1 Å². The van der Waals surface area contributed by atoms with E-state index in [1.807, 2.05) is 24.3 Å². The van der Waals surface area contributed by atoms with Gasteiger partial charge in [-0.1, -0.05) is 42.5 Å². The molecule has 0 fully saturated rings. The van der Waals surface area contributed by atoms with Gasteiger partial charge in [-0.2, -0.15) is 0 Å². The van der Waals surface area contributed by atoms with Gasteiger partial charge in [-0.3, -0.25) is 10.1 Å². The smallest absolute Gasteiger partial charge is 0.261 e. The van der Waals surface area contributed by atoms with E-state index in [9.17, 15) is 9.90 Å². The summed E-state index contributed by atoms with van der Waals surface area (Å²) in [7, 11) is 0. The number of benzene rings is 2. The summed E-state index contributed by atoms with van der Waals surface area (Å²) in [6.07, 6.45) is 1.82. The largest absolute Gasteiger partial charge is 0.507 e. The number of hydrogen-bond donors (Lipinski definition) is 2. The van der Waals surface area contributed by atoms with Gasteiger partial charge in [0.25, 0.3) is 5.91 Å². The van der Waals surface area contributed by atoms with Crippen LogP contribution in [0, 0.1) is 0 Å². The average molecular weight is 313 g/mol. The van der Waals surface area contributed by atoms with Crippen LogP contribution in [0.4, 0.5) is 5.13 Å². The highest BCUT2D eigenvalue weighted by Crippen LogP contribution is 2.26. The van der Waals surface area contributed by atoms with Crippen LogP contribution >= 0.6 is 11.3 Å². The van der Waals surface area contributed by atoms with Crippen molar-refractivity contribution in [3.05, 3.63) is 47.0 Å². The fourth-order valence-electron chi connectivity index (χ4n) is 2.19. The van der Waals surface area contributed by atoms with Crippen LogP contribution in [0.15, 0.2) is 36.4 Å². The second-order valence-electron chi connectivity index (χ2n) is 4.92. The quantitative estimate of drug-likeness (QED) is 0.771. The fourth-order valence-corrected chi connectivity index (χ4v) is 3.03. The zero-order valence-electron chi connectivity index (χ0n) is 12.0. The number of carbonyl (C=O) groups excluding carboxylic acids is 1. The van der Waals surface area contributed by atoms with E-state index in [0.717, 1.165) is 28.6 Å². The third-order valence-corrected chi connectivity index (χ3v) is 4.16. The Morgan fingerprint density at radius 3 is 2.68 bits per heavy atom. The lowest BCUT2D eigenvalue weighted by atomic mass is 10.1. The lowest BCUT2D eigenvalue weighted by Gasteiger charge is -2.06. The third kappa shape index (κ3) is 2.92. The first-order chi connectivity index (χ1) is 10.7. The summed E-state index contributed by atoms with van der Waals surface area (Å²) >= 11 is 1.35. The van der Waals surface area contributed by atoms with E-state index in [1.54, 1.807) is 12.1 Å². The summed E-state index contributed by atoms with van der Waals surface area (Å²) < 4.78 is 0. The van der Waals surface area contributed by atoms with Gasteiger partial charge in [0.05, 0.1) is 5.56 Å². The van der Waals surface area contributed by atoms with Gasteiger partial charge in [-0.25, -0.2) is 0 Å². The molecule has 0 aliphatic carbocycles. The molecule has 0 saturated carbocycles. The molecule has 0 bridgehead atoms. The molecule has 112 valence electrons. The molecular weight excluding hydrogens is 298 g/mol. The number of fused-ring (bicyclic) bond motifs is 1. The van der Waals surface area contributed by atoms with Crippen LogP contribution in [-0.4, -0.2) is 21.2 Å². The molecule has 2 N–H and O–H groups in total. The molecule has 0 aliphatic rings. The van der Waals surface area contributed by atoms with Gasteiger partial charge >= 0.3 is 0 Å². The van der Waals surface area contributed by atoms with Crippen molar-refractivity contribution in [3.63, 3.8) is 0 Å².